The highest BCUT2D eigenvalue weighted by molar-refractivity contribution is 7.91. The maximum atomic E-state index is 11.3. The number of hydrogen-bond donors (Lipinski definition) is 2. The van der Waals surface area contributed by atoms with Crippen molar-refractivity contribution in [1.82, 2.24) is 19.7 Å². The van der Waals surface area contributed by atoms with E-state index in [9.17, 15) is 13.7 Å². The molecule has 33 heavy (non-hydrogen) atoms. The van der Waals surface area contributed by atoms with Gasteiger partial charge < -0.3 is 10.1 Å². The van der Waals surface area contributed by atoms with Gasteiger partial charge in [0, 0.05) is 12.4 Å². The zero-order valence-electron chi connectivity index (χ0n) is 17.8. The molecule has 1 unspecified atom stereocenters. The molecule has 13 heteroatoms. The standard InChI is InChI=1S/C20H21Cl2N7O3S/c1-13(14-7-15(9-23)19(18(22)8-14)32-6-4-21)29-12-17(11-26-29)25-10-16-3-5-24-20(27-16)28-33(2,30)31/h3,5,7-8,11-13,25H,4,6,10H2,1-2H3,(H,24,27,28). The quantitative estimate of drug-likeness (QED) is 0.396. The van der Waals surface area contributed by atoms with Gasteiger partial charge in [-0.05, 0) is 30.7 Å². The van der Waals surface area contributed by atoms with Crippen molar-refractivity contribution in [2.24, 2.45) is 0 Å². The van der Waals surface area contributed by atoms with Crippen LogP contribution in [0.15, 0.2) is 36.8 Å². The minimum Gasteiger partial charge on any atom is -0.489 e. The van der Waals surface area contributed by atoms with E-state index in [1.54, 1.807) is 35.3 Å². The highest BCUT2D eigenvalue weighted by Gasteiger charge is 2.17. The van der Waals surface area contributed by atoms with Gasteiger partial charge in [0.1, 0.15) is 12.7 Å². The molecule has 2 heterocycles. The van der Waals surface area contributed by atoms with Crippen molar-refractivity contribution < 1.29 is 13.2 Å². The van der Waals surface area contributed by atoms with Gasteiger partial charge in [-0.1, -0.05) is 11.6 Å². The van der Waals surface area contributed by atoms with Crippen LogP contribution in [-0.4, -0.2) is 46.9 Å². The fourth-order valence-corrected chi connectivity index (χ4v) is 3.71. The van der Waals surface area contributed by atoms with Crippen molar-refractivity contribution >= 4 is 44.9 Å². The number of ether oxygens (including phenoxy) is 1. The molecule has 1 aromatic carbocycles. The van der Waals surface area contributed by atoms with Gasteiger partial charge >= 0.3 is 0 Å². The van der Waals surface area contributed by atoms with Crippen molar-refractivity contribution in [3.8, 4) is 11.8 Å². The third kappa shape index (κ3) is 6.71. The largest absolute Gasteiger partial charge is 0.489 e. The van der Waals surface area contributed by atoms with Gasteiger partial charge in [-0.2, -0.15) is 10.4 Å². The van der Waals surface area contributed by atoms with Crippen LogP contribution in [0.3, 0.4) is 0 Å². The first-order chi connectivity index (χ1) is 15.7. The number of nitrogens with zero attached hydrogens (tertiary/aromatic N) is 5. The first-order valence-electron chi connectivity index (χ1n) is 9.70. The fraction of sp³-hybridized carbons (Fsp3) is 0.300. The summed E-state index contributed by atoms with van der Waals surface area (Å²) in [6, 6.07) is 7.02. The van der Waals surface area contributed by atoms with Crippen LogP contribution in [-0.2, 0) is 16.6 Å². The van der Waals surface area contributed by atoms with E-state index in [0.29, 0.717) is 28.6 Å². The van der Waals surface area contributed by atoms with Crippen molar-refractivity contribution in [1.29, 1.82) is 5.26 Å². The van der Waals surface area contributed by atoms with E-state index in [1.165, 1.54) is 6.20 Å². The zero-order valence-corrected chi connectivity index (χ0v) is 20.1. The summed E-state index contributed by atoms with van der Waals surface area (Å²) in [4.78, 5) is 8.05. The Labute approximate surface area is 201 Å². The minimum absolute atomic E-state index is 0.00441. The molecule has 0 saturated heterocycles. The van der Waals surface area contributed by atoms with Gasteiger partial charge in [-0.25, -0.2) is 18.4 Å². The fourth-order valence-electron chi connectivity index (χ4n) is 2.92. The van der Waals surface area contributed by atoms with E-state index >= 15 is 0 Å². The molecular weight excluding hydrogens is 489 g/mol. The second kappa shape index (κ2) is 10.7. The lowest BCUT2D eigenvalue weighted by atomic mass is 10.0. The monoisotopic (exact) mass is 509 g/mol. The van der Waals surface area contributed by atoms with Crippen LogP contribution in [0.2, 0.25) is 5.02 Å². The predicted molar refractivity (Wildman–Crippen MR) is 126 cm³/mol. The third-order valence-corrected chi connectivity index (χ3v) is 5.44. The van der Waals surface area contributed by atoms with Crippen molar-refractivity contribution in [2.45, 2.75) is 19.5 Å². The molecule has 0 bridgehead atoms. The lowest BCUT2D eigenvalue weighted by molar-refractivity contribution is 0.341. The first kappa shape index (κ1) is 24.6. The van der Waals surface area contributed by atoms with Gasteiger partial charge in [0.15, 0.2) is 5.75 Å². The molecule has 0 saturated carbocycles. The van der Waals surface area contributed by atoms with Crippen molar-refractivity contribution in [3.63, 3.8) is 0 Å². The second-order valence-corrected chi connectivity index (χ2v) is 9.55. The second-order valence-electron chi connectivity index (χ2n) is 7.01. The molecule has 0 aliphatic carbocycles. The van der Waals surface area contributed by atoms with Crippen LogP contribution in [0.1, 0.15) is 29.8 Å². The Balaban J connectivity index is 1.71. The van der Waals surface area contributed by atoms with E-state index in [0.717, 1.165) is 17.5 Å². The molecule has 3 aromatic rings. The van der Waals surface area contributed by atoms with Gasteiger partial charge in [0.2, 0.25) is 16.0 Å². The molecule has 10 nitrogen and oxygen atoms in total. The highest BCUT2D eigenvalue weighted by atomic mass is 35.5. The zero-order chi connectivity index (χ0) is 24.0. The lowest BCUT2D eigenvalue weighted by Crippen LogP contribution is -2.13. The van der Waals surface area contributed by atoms with Gasteiger partial charge in [0.25, 0.3) is 0 Å². The molecule has 174 valence electrons. The van der Waals surface area contributed by atoms with E-state index < -0.39 is 10.0 Å². The number of nitrogens with one attached hydrogen (secondary N) is 2. The molecule has 3 rings (SSSR count). The van der Waals surface area contributed by atoms with Gasteiger partial charge in [-0.15, -0.1) is 11.6 Å². The molecule has 0 fully saturated rings. The molecule has 0 aliphatic heterocycles. The Kier molecular flexibility index (Phi) is 7.97. The molecule has 2 aromatic heterocycles. The molecule has 1 atom stereocenters. The SMILES string of the molecule is CC(c1cc(Cl)c(OCCCl)c(C#N)c1)n1cc(NCc2ccnc(NS(C)(=O)=O)n2)cn1. The van der Waals surface area contributed by atoms with E-state index in [-0.39, 0.29) is 24.5 Å². The summed E-state index contributed by atoms with van der Waals surface area (Å²) in [5.74, 6) is 0.602. The third-order valence-electron chi connectivity index (χ3n) is 4.45. The molecule has 0 amide bonds. The number of aromatic nitrogens is 4. The summed E-state index contributed by atoms with van der Waals surface area (Å²) in [5.41, 5.74) is 2.43. The maximum Gasteiger partial charge on any atom is 0.236 e. The molecule has 0 spiro atoms. The van der Waals surface area contributed by atoms with Crippen LogP contribution in [0.4, 0.5) is 11.6 Å². The summed E-state index contributed by atoms with van der Waals surface area (Å²) >= 11 is 12.0. The van der Waals surface area contributed by atoms with Crippen molar-refractivity contribution in [3.05, 3.63) is 58.6 Å². The van der Waals surface area contributed by atoms with Crippen LogP contribution in [0, 0.1) is 11.3 Å². The lowest BCUT2D eigenvalue weighted by Gasteiger charge is -2.16. The highest BCUT2D eigenvalue weighted by Crippen LogP contribution is 2.33. The summed E-state index contributed by atoms with van der Waals surface area (Å²) in [5, 5.41) is 17.4. The van der Waals surface area contributed by atoms with Gasteiger partial charge in [0.05, 0.1) is 52.9 Å². The smallest absolute Gasteiger partial charge is 0.236 e. The van der Waals surface area contributed by atoms with Crippen LogP contribution in [0.5, 0.6) is 5.75 Å². The molecule has 2 N–H and O–H groups in total. The van der Waals surface area contributed by atoms with Crippen LogP contribution >= 0.6 is 23.2 Å². The molecular formula is C20H21Cl2N7O3S. The Morgan fingerprint density at radius 2 is 2.15 bits per heavy atom. The van der Waals surface area contributed by atoms with E-state index in [4.69, 9.17) is 27.9 Å². The average Bonchev–Trinajstić information content (AvgIpc) is 3.24. The van der Waals surface area contributed by atoms with Crippen LogP contribution in [0.25, 0.3) is 0 Å². The Morgan fingerprint density at radius 1 is 1.36 bits per heavy atom. The van der Waals surface area contributed by atoms with Crippen LogP contribution < -0.4 is 14.8 Å². The Morgan fingerprint density at radius 3 is 2.85 bits per heavy atom. The number of nitriles is 1. The number of sulfonamides is 1. The topological polar surface area (TPSA) is 135 Å². The summed E-state index contributed by atoms with van der Waals surface area (Å²) in [6.45, 7) is 2.51. The summed E-state index contributed by atoms with van der Waals surface area (Å²) in [7, 11) is -3.46. The normalized spacial score (nSPS) is 12.1. The van der Waals surface area contributed by atoms with E-state index in [2.05, 4.69) is 31.2 Å². The number of halogens is 2. The van der Waals surface area contributed by atoms with Gasteiger partial charge in [-0.3, -0.25) is 9.40 Å². The Bertz CT molecular complexity index is 1270. The summed E-state index contributed by atoms with van der Waals surface area (Å²) < 4.78 is 32.2. The number of rotatable bonds is 10. The van der Waals surface area contributed by atoms with E-state index in [1.807, 2.05) is 6.92 Å². The minimum atomic E-state index is -3.46. The molecule has 0 radical (unpaired) electrons. The number of hydrogen-bond acceptors (Lipinski definition) is 8. The Hall–Kier alpha value is -3.07. The molecule has 0 aliphatic rings. The first-order valence-corrected chi connectivity index (χ1v) is 12.5. The number of alkyl halides is 1. The number of benzene rings is 1. The maximum absolute atomic E-state index is 11.3. The summed E-state index contributed by atoms with van der Waals surface area (Å²) in [6.07, 6.45) is 5.96. The predicted octanol–water partition coefficient (Wildman–Crippen LogP) is 3.41. The van der Waals surface area contributed by atoms with Crippen molar-refractivity contribution in [2.75, 3.05) is 28.8 Å². The number of anilines is 2. The average molecular weight is 510 g/mol.